The van der Waals surface area contributed by atoms with Crippen molar-refractivity contribution < 1.29 is 19.7 Å². The van der Waals surface area contributed by atoms with Crippen LogP contribution in [0.3, 0.4) is 0 Å². The Morgan fingerprint density at radius 3 is 2.17 bits per heavy atom. The van der Waals surface area contributed by atoms with Gasteiger partial charge in [-0.1, -0.05) is 12.1 Å². The zero-order valence-corrected chi connectivity index (χ0v) is 9.54. The zero-order valence-electron chi connectivity index (χ0n) is 9.54. The van der Waals surface area contributed by atoms with Crippen LogP contribution < -0.4 is 4.74 Å². The molecule has 0 aromatic heterocycles. The highest BCUT2D eigenvalue weighted by Gasteiger charge is 2.02. The number of aromatic hydroxyl groups is 1. The van der Waals surface area contributed by atoms with E-state index >= 15 is 0 Å². The average Bonchev–Trinajstić information content (AvgIpc) is 2.38. The fourth-order valence-electron chi connectivity index (χ4n) is 1.45. The standard InChI is InChI=1S/C14H12O4/c15-12-5-1-10(2-6-12)9-18-13-7-3-11(4-8-13)14(16)17/h1-8,15H,9H2,(H,16,17). The second-order valence-electron chi connectivity index (χ2n) is 3.78. The van der Waals surface area contributed by atoms with Crippen molar-refractivity contribution in [3.8, 4) is 11.5 Å². The maximum atomic E-state index is 10.7. The predicted octanol–water partition coefficient (Wildman–Crippen LogP) is 2.67. The van der Waals surface area contributed by atoms with Gasteiger partial charge in [-0.2, -0.15) is 0 Å². The third-order valence-corrected chi connectivity index (χ3v) is 2.44. The van der Waals surface area contributed by atoms with Crippen LogP contribution in [0, 0.1) is 0 Å². The molecule has 2 N–H and O–H groups in total. The van der Waals surface area contributed by atoms with Gasteiger partial charge in [0.05, 0.1) is 5.56 Å². The molecule has 4 heteroatoms. The molecule has 2 aromatic rings. The van der Waals surface area contributed by atoms with Crippen molar-refractivity contribution in [2.75, 3.05) is 0 Å². The molecule has 0 bridgehead atoms. The van der Waals surface area contributed by atoms with Crippen molar-refractivity contribution >= 4 is 5.97 Å². The van der Waals surface area contributed by atoms with Crippen LogP contribution in [0.2, 0.25) is 0 Å². The summed E-state index contributed by atoms with van der Waals surface area (Å²) in [5, 5.41) is 17.9. The van der Waals surface area contributed by atoms with Crippen LogP contribution >= 0.6 is 0 Å². The normalized spacial score (nSPS) is 10.0. The Labute approximate surface area is 104 Å². The van der Waals surface area contributed by atoms with E-state index in [0.29, 0.717) is 12.4 Å². The summed E-state index contributed by atoms with van der Waals surface area (Å²) in [5.74, 6) is -0.141. The van der Waals surface area contributed by atoms with Crippen LogP contribution in [0.25, 0.3) is 0 Å². The van der Waals surface area contributed by atoms with E-state index in [0.717, 1.165) is 5.56 Å². The first-order chi connectivity index (χ1) is 8.65. The minimum Gasteiger partial charge on any atom is -0.508 e. The van der Waals surface area contributed by atoms with Gasteiger partial charge in [-0.25, -0.2) is 4.79 Å². The van der Waals surface area contributed by atoms with Crippen LogP contribution in [-0.4, -0.2) is 16.2 Å². The molecule has 0 saturated heterocycles. The maximum Gasteiger partial charge on any atom is 0.335 e. The Morgan fingerprint density at radius 1 is 1.00 bits per heavy atom. The molecule has 0 aliphatic heterocycles. The van der Waals surface area contributed by atoms with Crippen molar-refractivity contribution in [3.05, 3.63) is 59.7 Å². The zero-order chi connectivity index (χ0) is 13.0. The Balaban J connectivity index is 1.97. The summed E-state index contributed by atoms with van der Waals surface area (Å²) in [6.07, 6.45) is 0. The number of hydrogen-bond donors (Lipinski definition) is 2. The molecule has 18 heavy (non-hydrogen) atoms. The molecule has 0 atom stereocenters. The van der Waals surface area contributed by atoms with E-state index in [1.165, 1.54) is 12.1 Å². The molecule has 4 nitrogen and oxygen atoms in total. The molecule has 0 unspecified atom stereocenters. The fraction of sp³-hybridized carbons (Fsp3) is 0.0714. The Kier molecular flexibility index (Phi) is 3.48. The number of carboxylic acid groups (broad SMARTS) is 1. The highest BCUT2D eigenvalue weighted by atomic mass is 16.5. The summed E-state index contributed by atoms with van der Waals surface area (Å²) >= 11 is 0. The lowest BCUT2D eigenvalue weighted by molar-refractivity contribution is 0.0697. The van der Waals surface area contributed by atoms with Gasteiger partial charge in [0, 0.05) is 0 Å². The van der Waals surface area contributed by atoms with Crippen LogP contribution in [0.5, 0.6) is 11.5 Å². The molecular formula is C14H12O4. The summed E-state index contributed by atoms with van der Waals surface area (Å²) < 4.78 is 5.49. The van der Waals surface area contributed by atoms with Crippen LogP contribution in [-0.2, 0) is 6.61 Å². The van der Waals surface area contributed by atoms with E-state index in [2.05, 4.69) is 0 Å². The molecule has 0 aliphatic rings. The number of rotatable bonds is 4. The van der Waals surface area contributed by atoms with Crippen LogP contribution in [0.1, 0.15) is 15.9 Å². The average molecular weight is 244 g/mol. The number of aromatic carboxylic acids is 1. The number of hydrogen-bond acceptors (Lipinski definition) is 3. The first-order valence-electron chi connectivity index (χ1n) is 5.39. The van der Waals surface area contributed by atoms with Gasteiger partial charge in [0.1, 0.15) is 18.1 Å². The predicted molar refractivity (Wildman–Crippen MR) is 65.8 cm³/mol. The quantitative estimate of drug-likeness (QED) is 0.867. The van der Waals surface area contributed by atoms with Gasteiger partial charge >= 0.3 is 5.97 Å². The van der Waals surface area contributed by atoms with E-state index in [9.17, 15) is 4.79 Å². The molecule has 0 heterocycles. The van der Waals surface area contributed by atoms with E-state index in [1.54, 1.807) is 36.4 Å². The topological polar surface area (TPSA) is 66.8 Å². The highest BCUT2D eigenvalue weighted by Crippen LogP contribution is 2.15. The number of benzene rings is 2. The number of ether oxygens (including phenoxy) is 1. The Hall–Kier alpha value is -2.49. The summed E-state index contributed by atoms with van der Waals surface area (Å²) in [7, 11) is 0. The van der Waals surface area contributed by atoms with Crippen molar-refractivity contribution in [3.63, 3.8) is 0 Å². The van der Waals surface area contributed by atoms with Crippen LogP contribution in [0.4, 0.5) is 0 Å². The summed E-state index contributed by atoms with van der Waals surface area (Å²) in [6.45, 7) is 0.368. The fourth-order valence-corrected chi connectivity index (χ4v) is 1.45. The highest BCUT2D eigenvalue weighted by molar-refractivity contribution is 5.87. The van der Waals surface area contributed by atoms with Gasteiger partial charge < -0.3 is 14.9 Å². The third-order valence-electron chi connectivity index (χ3n) is 2.44. The van der Waals surface area contributed by atoms with E-state index in [4.69, 9.17) is 14.9 Å². The maximum absolute atomic E-state index is 10.7. The number of phenolic OH excluding ortho intramolecular Hbond substituents is 1. The largest absolute Gasteiger partial charge is 0.508 e. The van der Waals surface area contributed by atoms with Crippen molar-refractivity contribution in [2.45, 2.75) is 6.61 Å². The summed E-state index contributed by atoms with van der Waals surface area (Å²) in [5.41, 5.74) is 1.15. The van der Waals surface area contributed by atoms with E-state index in [1.807, 2.05) is 0 Å². The summed E-state index contributed by atoms with van der Waals surface area (Å²) in [6, 6.07) is 12.9. The molecule has 0 amide bonds. The third kappa shape index (κ3) is 3.01. The molecule has 2 aromatic carbocycles. The Morgan fingerprint density at radius 2 is 1.61 bits per heavy atom. The summed E-state index contributed by atoms with van der Waals surface area (Å²) in [4.78, 5) is 10.7. The number of carboxylic acids is 1. The molecule has 0 saturated carbocycles. The second kappa shape index (κ2) is 5.23. The first kappa shape index (κ1) is 12.0. The smallest absolute Gasteiger partial charge is 0.335 e. The van der Waals surface area contributed by atoms with E-state index in [-0.39, 0.29) is 11.3 Å². The number of phenols is 1. The van der Waals surface area contributed by atoms with Crippen LogP contribution in [0.15, 0.2) is 48.5 Å². The first-order valence-corrected chi connectivity index (χ1v) is 5.39. The van der Waals surface area contributed by atoms with Gasteiger partial charge in [-0.3, -0.25) is 0 Å². The molecule has 2 rings (SSSR count). The van der Waals surface area contributed by atoms with Crippen molar-refractivity contribution in [2.24, 2.45) is 0 Å². The van der Waals surface area contributed by atoms with E-state index < -0.39 is 5.97 Å². The van der Waals surface area contributed by atoms with Gasteiger partial charge in [0.15, 0.2) is 0 Å². The van der Waals surface area contributed by atoms with Gasteiger partial charge in [0.25, 0.3) is 0 Å². The molecule has 0 fully saturated rings. The molecule has 0 radical (unpaired) electrons. The molecule has 0 aliphatic carbocycles. The molecular weight excluding hydrogens is 232 g/mol. The lowest BCUT2D eigenvalue weighted by Gasteiger charge is -2.06. The van der Waals surface area contributed by atoms with Gasteiger partial charge in [0.2, 0.25) is 0 Å². The molecule has 0 spiro atoms. The van der Waals surface area contributed by atoms with Crippen molar-refractivity contribution in [1.29, 1.82) is 0 Å². The lowest BCUT2D eigenvalue weighted by Crippen LogP contribution is -1.97. The minimum absolute atomic E-state index is 0.213. The molecule has 92 valence electrons. The monoisotopic (exact) mass is 244 g/mol. The Bertz CT molecular complexity index is 529. The minimum atomic E-state index is -0.958. The van der Waals surface area contributed by atoms with Gasteiger partial charge in [-0.15, -0.1) is 0 Å². The van der Waals surface area contributed by atoms with Gasteiger partial charge in [-0.05, 0) is 42.0 Å². The van der Waals surface area contributed by atoms with Crippen molar-refractivity contribution in [1.82, 2.24) is 0 Å². The second-order valence-corrected chi connectivity index (χ2v) is 3.78. The number of carbonyl (C=O) groups is 1. The lowest BCUT2D eigenvalue weighted by atomic mass is 10.2. The SMILES string of the molecule is O=C(O)c1ccc(OCc2ccc(O)cc2)cc1.